The predicted molar refractivity (Wildman–Crippen MR) is 43.2 cm³/mol. The Hall–Kier alpha value is -0.0400. The summed E-state index contributed by atoms with van der Waals surface area (Å²) in [5, 5.41) is 10.0. The number of hydrogen-bond donors (Lipinski definition) is 0. The van der Waals surface area contributed by atoms with Crippen molar-refractivity contribution in [2.75, 3.05) is 6.61 Å². The third-order valence-electron chi connectivity index (χ3n) is 1.59. The molecule has 2 radical (unpaired) electrons. The van der Waals surface area contributed by atoms with Crippen molar-refractivity contribution in [3.05, 3.63) is 6.92 Å². The summed E-state index contributed by atoms with van der Waals surface area (Å²) in [5.41, 5.74) is 0. The summed E-state index contributed by atoms with van der Waals surface area (Å²) in [5.74, 6) is 0.576. The number of unbranched alkanes of at least 4 members (excludes halogenated alkanes) is 3. The SMILES string of the molecule is [CH2]C(C)CCCCCC[O]. The van der Waals surface area contributed by atoms with Gasteiger partial charge in [-0.2, -0.15) is 0 Å². The van der Waals surface area contributed by atoms with Crippen LogP contribution in [-0.2, 0) is 5.11 Å². The van der Waals surface area contributed by atoms with Crippen molar-refractivity contribution in [3.8, 4) is 0 Å². The Bertz CT molecular complexity index is 59.7. The topological polar surface area (TPSA) is 19.9 Å². The van der Waals surface area contributed by atoms with Gasteiger partial charge < -0.3 is 0 Å². The Kier molecular flexibility index (Phi) is 7.04. The first-order valence-corrected chi connectivity index (χ1v) is 4.18. The zero-order valence-electron chi connectivity index (χ0n) is 6.94. The second-order valence-corrected chi connectivity index (χ2v) is 3.01. The van der Waals surface area contributed by atoms with E-state index < -0.39 is 0 Å². The van der Waals surface area contributed by atoms with E-state index in [4.69, 9.17) is 0 Å². The van der Waals surface area contributed by atoms with Crippen molar-refractivity contribution in [1.82, 2.24) is 0 Å². The van der Waals surface area contributed by atoms with Crippen LogP contribution in [0.4, 0.5) is 0 Å². The van der Waals surface area contributed by atoms with Gasteiger partial charge in [0.25, 0.3) is 0 Å². The molecule has 0 amide bonds. The van der Waals surface area contributed by atoms with Crippen LogP contribution in [0.15, 0.2) is 0 Å². The molecule has 1 heteroatoms. The summed E-state index contributed by atoms with van der Waals surface area (Å²) in [6.45, 7) is 6.12. The molecule has 0 aliphatic heterocycles. The van der Waals surface area contributed by atoms with Crippen molar-refractivity contribution < 1.29 is 5.11 Å². The van der Waals surface area contributed by atoms with Crippen LogP contribution in [0.5, 0.6) is 0 Å². The zero-order valence-corrected chi connectivity index (χ0v) is 6.94. The van der Waals surface area contributed by atoms with Gasteiger partial charge in [0.05, 0.1) is 6.61 Å². The van der Waals surface area contributed by atoms with Gasteiger partial charge in [-0.1, -0.05) is 39.5 Å². The molecule has 60 valence electrons. The molecule has 0 aromatic rings. The molecule has 1 atom stereocenters. The molecule has 0 saturated carbocycles. The molecule has 0 spiro atoms. The third kappa shape index (κ3) is 7.96. The first-order valence-electron chi connectivity index (χ1n) is 4.18. The highest BCUT2D eigenvalue weighted by Crippen LogP contribution is 2.08. The van der Waals surface area contributed by atoms with Gasteiger partial charge in [0.2, 0.25) is 0 Å². The van der Waals surface area contributed by atoms with Gasteiger partial charge in [0.1, 0.15) is 0 Å². The van der Waals surface area contributed by atoms with Gasteiger partial charge in [-0.25, -0.2) is 5.11 Å². The fraction of sp³-hybridized carbons (Fsp3) is 0.889. The van der Waals surface area contributed by atoms with Crippen LogP contribution in [0, 0.1) is 12.8 Å². The molecule has 0 N–H and O–H groups in total. The summed E-state index contributed by atoms with van der Waals surface area (Å²) in [6, 6.07) is 0. The highest BCUT2D eigenvalue weighted by Gasteiger charge is 1.93. The Morgan fingerprint density at radius 2 is 1.80 bits per heavy atom. The van der Waals surface area contributed by atoms with Crippen LogP contribution in [0.1, 0.15) is 39.0 Å². The molecule has 0 aromatic heterocycles. The molecule has 0 heterocycles. The van der Waals surface area contributed by atoms with Gasteiger partial charge in [-0.05, 0) is 12.3 Å². The van der Waals surface area contributed by atoms with E-state index in [0.29, 0.717) is 5.92 Å². The van der Waals surface area contributed by atoms with Crippen LogP contribution in [-0.4, -0.2) is 6.61 Å². The average Bonchev–Trinajstić information content (AvgIpc) is 1.87. The van der Waals surface area contributed by atoms with Gasteiger partial charge >= 0.3 is 0 Å². The van der Waals surface area contributed by atoms with Crippen molar-refractivity contribution >= 4 is 0 Å². The summed E-state index contributed by atoms with van der Waals surface area (Å²) >= 11 is 0. The highest BCUT2D eigenvalue weighted by atomic mass is 16.2. The highest BCUT2D eigenvalue weighted by molar-refractivity contribution is 4.53. The minimum Gasteiger partial charge on any atom is -0.237 e. The van der Waals surface area contributed by atoms with Gasteiger partial charge in [-0.3, -0.25) is 0 Å². The molecule has 10 heavy (non-hydrogen) atoms. The predicted octanol–water partition coefficient (Wildman–Crippen LogP) is 2.84. The summed E-state index contributed by atoms with van der Waals surface area (Å²) in [6.07, 6.45) is 5.62. The molecule has 0 saturated heterocycles. The van der Waals surface area contributed by atoms with Crippen molar-refractivity contribution in [2.45, 2.75) is 39.0 Å². The molecular weight excluding hydrogens is 124 g/mol. The van der Waals surface area contributed by atoms with E-state index in [1.165, 1.54) is 19.3 Å². The Morgan fingerprint density at radius 1 is 1.20 bits per heavy atom. The standard InChI is InChI=1S/C9H18O/c1-9(2)7-5-3-4-6-8-10/h9H,1,3-8H2,2H3. The first-order chi connectivity index (χ1) is 4.77. The van der Waals surface area contributed by atoms with Crippen LogP contribution in [0.3, 0.4) is 0 Å². The molecule has 0 rings (SSSR count). The largest absolute Gasteiger partial charge is 0.237 e. The lowest BCUT2D eigenvalue weighted by Crippen LogP contribution is -1.88. The van der Waals surface area contributed by atoms with E-state index in [2.05, 4.69) is 13.8 Å². The van der Waals surface area contributed by atoms with Crippen LogP contribution >= 0.6 is 0 Å². The summed E-state index contributed by atoms with van der Waals surface area (Å²) < 4.78 is 0. The Balaban J connectivity index is 2.77. The summed E-state index contributed by atoms with van der Waals surface area (Å²) in [7, 11) is 0. The lowest BCUT2D eigenvalue weighted by molar-refractivity contribution is 0.185. The number of rotatable bonds is 6. The van der Waals surface area contributed by atoms with Gasteiger partial charge in [0, 0.05) is 0 Å². The van der Waals surface area contributed by atoms with E-state index >= 15 is 0 Å². The number of hydrogen-bond acceptors (Lipinski definition) is 0. The van der Waals surface area contributed by atoms with Gasteiger partial charge in [0.15, 0.2) is 0 Å². The zero-order chi connectivity index (χ0) is 7.82. The van der Waals surface area contributed by atoms with Crippen molar-refractivity contribution in [1.29, 1.82) is 0 Å². The van der Waals surface area contributed by atoms with Crippen LogP contribution in [0.2, 0.25) is 0 Å². The molecule has 0 fully saturated rings. The van der Waals surface area contributed by atoms with Crippen LogP contribution < -0.4 is 0 Å². The maximum absolute atomic E-state index is 10.0. The molecule has 0 aromatic carbocycles. The van der Waals surface area contributed by atoms with Gasteiger partial charge in [-0.15, -0.1) is 0 Å². The smallest absolute Gasteiger partial charge is 0.0822 e. The quantitative estimate of drug-likeness (QED) is 0.508. The monoisotopic (exact) mass is 142 g/mol. The van der Waals surface area contributed by atoms with Crippen molar-refractivity contribution in [2.24, 2.45) is 5.92 Å². The van der Waals surface area contributed by atoms with E-state index in [1.54, 1.807) is 0 Å². The molecule has 0 bridgehead atoms. The molecule has 0 aliphatic carbocycles. The van der Waals surface area contributed by atoms with Crippen molar-refractivity contribution in [3.63, 3.8) is 0 Å². The first kappa shape index (κ1) is 9.96. The molecule has 1 unspecified atom stereocenters. The van der Waals surface area contributed by atoms with E-state index in [9.17, 15) is 5.11 Å². The van der Waals surface area contributed by atoms with E-state index in [0.717, 1.165) is 12.8 Å². The normalized spacial score (nSPS) is 10.8. The third-order valence-corrected chi connectivity index (χ3v) is 1.59. The lowest BCUT2D eigenvalue weighted by atomic mass is 10.0. The molecule has 1 nitrogen and oxygen atoms in total. The van der Waals surface area contributed by atoms with E-state index in [1.807, 2.05) is 0 Å². The second-order valence-electron chi connectivity index (χ2n) is 3.01. The maximum Gasteiger partial charge on any atom is 0.0822 e. The average molecular weight is 142 g/mol. The fourth-order valence-corrected chi connectivity index (χ4v) is 0.948. The lowest BCUT2D eigenvalue weighted by Gasteiger charge is -2.02. The summed E-state index contributed by atoms with van der Waals surface area (Å²) in [4.78, 5) is 0. The molecule has 0 aliphatic rings. The van der Waals surface area contributed by atoms with E-state index in [-0.39, 0.29) is 6.61 Å². The minimum atomic E-state index is 0.0972. The minimum absolute atomic E-state index is 0.0972. The Morgan fingerprint density at radius 3 is 2.30 bits per heavy atom. The Labute approximate surface area is 64.5 Å². The second kappa shape index (κ2) is 7.07. The van der Waals surface area contributed by atoms with Crippen LogP contribution in [0.25, 0.3) is 0 Å². The maximum atomic E-state index is 10.0. The fourth-order valence-electron chi connectivity index (χ4n) is 0.948. The molecular formula is C9H18O.